The van der Waals surface area contributed by atoms with Crippen LogP contribution in [-0.4, -0.2) is 15.5 Å². The highest BCUT2D eigenvalue weighted by atomic mass is 16.2. The topological polar surface area (TPSA) is 46.9 Å². The number of nitrogens with zero attached hydrogens (tertiary/aromatic N) is 2. The summed E-state index contributed by atoms with van der Waals surface area (Å²) in [6.45, 7) is 8.98. The van der Waals surface area contributed by atoms with Gasteiger partial charge in [-0.3, -0.25) is 4.79 Å². The summed E-state index contributed by atoms with van der Waals surface area (Å²) in [6.07, 6.45) is 1.85. The Labute approximate surface area is 126 Å². The van der Waals surface area contributed by atoms with Crippen LogP contribution in [0.25, 0.3) is 0 Å². The molecule has 0 fully saturated rings. The Morgan fingerprint density at radius 3 is 2.52 bits per heavy atom. The van der Waals surface area contributed by atoms with Crippen LogP contribution in [0.2, 0.25) is 0 Å². The third-order valence-corrected chi connectivity index (χ3v) is 3.41. The number of aromatic nitrogens is 2. The Hall–Kier alpha value is -2.10. The molecule has 0 saturated heterocycles. The largest absolute Gasteiger partial charge is 0.348 e. The zero-order valence-corrected chi connectivity index (χ0v) is 13.2. The first-order valence-corrected chi connectivity index (χ1v) is 7.21. The van der Waals surface area contributed by atoms with Crippen LogP contribution >= 0.6 is 0 Å². The normalized spacial score (nSPS) is 11.4. The van der Waals surface area contributed by atoms with E-state index in [0.717, 1.165) is 18.1 Å². The molecule has 112 valence electrons. The van der Waals surface area contributed by atoms with Crippen molar-refractivity contribution in [1.29, 1.82) is 0 Å². The van der Waals surface area contributed by atoms with Gasteiger partial charge >= 0.3 is 0 Å². The maximum Gasteiger partial charge on any atom is 0.225 e. The van der Waals surface area contributed by atoms with Crippen molar-refractivity contribution in [2.75, 3.05) is 0 Å². The molecule has 0 saturated carbocycles. The molecule has 0 aliphatic carbocycles. The fraction of sp³-hybridized carbons (Fsp3) is 0.412. The zero-order chi connectivity index (χ0) is 15.5. The summed E-state index contributed by atoms with van der Waals surface area (Å²) >= 11 is 0. The lowest BCUT2D eigenvalue weighted by molar-refractivity contribution is -0.128. The summed E-state index contributed by atoms with van der Waals surface area (Å²) in [4.78, 5) is 16.4. The average molecular weight is 285 g/mol. The van der Waals surface area contributed by atoms with Gasteiger partial charge in [0.2, 0.25) is 5.91 Å². The lowest BCUT2D eigenvalue weighted by Crippen LogP contribution is -2.35. The number of benzene rings is 1. The Morgan fingerprint density at radius 2 is 1.90 bits per heavy atom. The first-order chi connectivity index (χ1) is 9.88. The quantitative estimate of drug-likeness (QED) is 0.939. The zero-order valence-electron chi connectivity index (χ0n) is 13.2. The highest BCUT2D eigenvalue weighted by molar-refractivity contribution is 5.81. The summed E-state index contributed by atoms with van der Waals surface area (Å²) in [7, 11) is 0. The summed E-state index contributed by atoms with van der Waals surface area (Å²) in [5.74, 6) is 0.920. The molecule has 4 nitrogen and oxygen atoms in total. The van der Waals surface area contributed by atoms with Gasteiger partial charge in [0.25, 0.3) is 0 Å². The summed E-state index contributed by atoms with van der Waals surface area (Å²) in [6, 6.07) is 10.3. The van der Waals surface area contributed by atoms with Crippen molar-refractivity contribution in [3.8, 4) is 0 Å². The molecule has 0 spiro atoms. The van der Waals surface area contributed by atoms with E-state index >= 15 is 0 Å². The first-order valence-electron chi connectivity index (χ1n) is 7.21. The van der Waals surface area contributed by atoms with E-state index in [9.17, 15) is 4.79 Å². The van der Waals surface area contributed by atoms with Crippen LogP contribution in [-0.2, 0) is 17.9 Å². The van der Waals surface area contributed by atoms with Crippen molar-refractivity contribution in [1.82, 2.24) is 14.9 Å². The minimum absolute atomic E-state index is 0.0365. The predicted molar refractivity (Wildman–Crippen MR) is 83.8 cm³/mol. The maximum atomic E-state index is 12.0. The molecule has 1 N–H and O–H groups in total. The Morgan fingerprint density at radius 1 is 1.24 bits per heavy atom. The molecular weight excluding hydrogens is 262 g/mol. The minimum Gasteiger partial charge on any atom is -0.348 e. The van der Waals surface area contributed by atoms with E-state index in [1.165, 1.54) is 5.56 Å². The van der Waals surface area contributed by atoms with E-state index in [2.05, 4.69) is 27.0 Å². The molecule has 1 amide bonds. The highest BCUT2D eigenvalue weighted by Crippen LogP contribution is 2.14. The van der Waals surface area contributed by atoms with Crippen molar-refractivity contribution in [3.05, 3.63) is 53.6 Å². The second kappa shape index (κ2) is 6.12. The van der Waals surface area contributed by atoms with Gasteiger partial charge in [-0.1, -0.05) is 51.1 Å². The van der Waals surface area contributed by atoms with Crippen molar-refractivity contribution in [2.45, 2.75) is 40.8 Å². The smallest absolute Gasteiger partial charge is 0.225 e. The van der Waals surface area contributed by atoms with Crippen LogP contribution in [0.3, 0.4) is 0 Å². The molecular formula is C17H23N3O. The van der Waals surface area contributed by atoms with E-state index in [1.54, 1.807) is 0 Å². The van der Waals surface area contributed by atoms with E-state index in [4.69, 9.17) is 0 Å². The molecule has 0 unspecified atom stereocenters. The molecule has 1 heterocycles. The molecule has 0 bridgehead atoms. The van der Waals surface area contributed by atoms with Gasteiger partial charge in [0, 0.05) is 23.9 Å². The third kappa shape index (κ3) is 3.94. The number of amides is 1. The Kier molecular flexibility index (Phi) is 4.46. The van der Waals surface area contributed by atoms with Gasteiger partial charge in [0.1, 0.15) is 5.82 Å². The molecule has 2 rings (SSSR count). The monoisotopic (exact) mass is 285 g/mol. The third-order valence-electron chi connectivity index (χ3n) is 3.41. The molecule has 2 aromatic rings. The maximum absolute atomic E-state index is 12.0. The number of carbonyl (C=O) groups is 1. The Balaban J connectivity index is 2.10. The summed E-state index contributed by atoms with van der Waals surface area (Å²) < 4.78 is 2.14. The number of nitrogens with one attached hydrogen (secondary N) is 1. The van der Waals surface area contributed by atoms with Gasteiger partial charge in [0.05, 0.1) is 6.54 Å². The fourth-order valence-corrected chi connectivity index (χ4v) is 2.06. The standard InChI is InChI=1S/C17H23N3O/c1-13-10-18-15(11-19-16(21)17(2,3)4)20(13)12-14-8-6-5-7-9-14/h5-10H,11-12H2,1-4H3,(H,19,21). The van der Waals surface area contributed by atoms with Crippen molar-refractivity contribution in [2.24, 2.45) is 5.41 Å². The van der Waals surface area contributed by atoms with Gasteiger partial charge < -0.3 is 9.88 Å². The molecule has 0 aliphatic heterocycles. The van der Waals surface area contributed by atoms with E-state index in [1.807, 2.05) is 52.1 Å². The van der Waals surface area contributed by atoms with Gasteiger partial charge in [-0.25, -0.2) is 4.98 Å². The van der Waals surface area contributed by atoms with Crippen LogP contribution in [0.5, 0.6) is 0 Å². The number of aryl methyl sites for hydroxylation is 1. The van der Waals surface area contributed by atoms with Crippen molar-refractivity contribution in [3.63, 3.8) is 0 Å². The average Bonchev–Trinajstić information content (AvgIpc) is 2.77. The summed E-state index contributed by atoms with van der Waals surface area (Å²) in [5.41, 5.74) is 1.94. The lowest BCUT2D eigenvalue weighted by atomic mass is 9.96. The van der Waals surface area contributed by atoms with Gasteiger partial charge in [0.15, 0.2) is 0 Å². The van der Waals surface area contributed by atoms with Crippen LogP contribution in [0.4, 0.5) is 0 Å². The first kappa shape index (κ1) is 15.3. The van der Waals surface area contributed by atoms with Crippen LogP contribution < -0.4 is 5.32 Å². The van der Waals surface area contributed by atoms with E-state index in [0.29, 0.717) is 6.54 Å². The van der Waals surface area contributed by atoms with Gasteiger partial charge in [-0.2, -0.15) is 0 Å². The van der Waals surface area contributed by atoms with Crippen LogP contribution in [0.1, 0.15) is 37.9 Å². The lowest BCUT2D eigenvalue weighted by Gasteiger charge is -2.18. The van der Waals surface area contributed by atoms with Crippen molar-refractivity contribution >= 4 is 5.91 Å². The Bertz CT molecular complexity index is 609. The van der Waals surface area contributed by atoms with Crippen molar-refractivity contribution < 1.29 is 4.79 Å². The number of hydrogen-bond donors (Lipinski definition) is 1. The number of imidazole rings is 1. The van der Waals surface area contributed by atoms with E-state index in [-0.39, 0.29) is 11.3 Å². The van der Waals surface area contributed by atoms with Crippen LogP contribution in [0.15, 0.2) is 36.5 Å². The molecule has 0 radical (unpaired) electrons. The fourth-order valence-electron chi connectivity index (χ4n) is 2.06. The minimum atomic E-state index is -0.383. The van der Waals surface area contributed by atoms with Gasteiger partial charge in [-0.15, -0.1) is 0 Å². The second-order valence-corrected chi connectivity index (χ2v) is 6.32. The molecule has 1 aromatic carbocycles. The summed E-state index contributed by atoms with van der Waals surface area (Å²) in [5, 5.41) is 2.96. The second-order valence-electron chi connectivity index (χ2n) is 6.32. The number of hydrogen-bond acceptors (Lipinski definition) is 2. The van der Waals surface area contributed by atoms with Crippen LogP contribution in [0, 0.1) is 12.3 Å². The molecule has 1 aromatic heterocycles. The molecule has 0 aliphatic rings. The molecule has 0 atom stereocenters. The molecule has 4 heteroatoms. The number of carbonyl (C=O) groups excluding carboxylic acids is 1. The van der Waals surface area contributed by atoms with E-state index < -0.39 is 0 Å². The SMILES string of the molecule is Cc1cnc(CNC(=O)C(C)(C)C)n1Cc1ccccc1. The molecule has 21 heavy (non-hydrogen) atoms. The predicted octanol–water partition coefficient (Wildman–Crippen LogP) is 2.90. The number of rotatable bonds is 4. The van der Waals surface area contributed by atoms with Gasteiger partial charge in [-0.05, 0) is 12.5 Å². The highest BCUT2D eigenvalue weighted by Gasteiger charge is 2.21.